The fraction of sp³-hybridized carbons (Fsp3) is 0.682. The number of likely N-dealkylation sites (N-methyl/N-ethyl adjacent to an activating group) is 1. The second-order valence-electron chi connectivity index (χ2n) is 7.90. The summed E-state index contributed by atoms with van der Waals surface area (Å²) in [6.07, 6.45) is -0.795. The minimum Gasteiger partial charge on any atom is -0.435 e. The van der Waals surface area contributed by atoms with Crippen molar-refractivity contribution in [2.75, 3.05) is 58.9 Å². The minimum absolute atomic E-state index is 0. The monoisotopic (exact) mass is 569 g/mol. The Labute approximate surface area is 207 Å². The van der Waals surface area contributed by atoms with E-state index in [1.54, 1.807) is 12.1 Å². The number of guanidine groups is 1. The molecule has 184 valence electrons. The molecule has 10 heteroatoms. The smallest absolute Gasteiger partial charge is 0.387 e. The van der Waals surface area contributed by atoms with Crippen molar-refractivity contribution in [1.29, 1.82) is 0 Å². The van der Waals surface area contributed by atoms with E-state index in [2.05, 4.69) is 44.0 Å². The highest BCUT2D eigenvalue weighted by Crippen LogP contribution is 2.19. The maximum Gasteiger partial charge on any atom is 0.387 e. The number of halogens is 3. The standard InChI is InChI=1S/C22H37F2N5O2.HI/c1-4-25-22(26-14-17(3)16-29-12-10-28(5-2)11-13-29)27-15-20(30)18-6-8-19(9-7-18)31-21(23)24;/h6-9,17,20-21,30H,4-5,10-16H2,1-3H3,(H2,25,26,27);1H. The van der Waals surface area contributed by atoms with Crippen LogP contribution in [0, 0.1) is 5.92 Å². The van der Waals surface area contributed by atoms with Gasteiger partial charge in [0.2, 0.25) is 0 Å². The van der Waals surface area contributed by atoms with Gasteiger partial charge in [0.15, 0.2) is 5.96 Å². The lowest BCUT2D eigenvalue weighted by Gasteiger charge is -2.35. The van der Waals surface area contributed by atoms with Gasteiger partial charge < -0.3 is 30.3 Å². The molecule has 1 aromatic rings. The van der Waals surface area contributed by atoms with Gasteiger partial charge in [0.05, 0.1) is 6.10 Å². The zero-order valence-corrected chi connectivity index (χ0v) is 21.6. The van der Waals surface area contributed by atoms with Crippen molar-refractivity contribution >= 4 is 29.9 Å². The molecule has 0 radical (unpaired) electrons. The third-order valence-corrected chi connectivity index (χ3v) is 5.34. The van der Waals surface area contributed by atoms with Gasteiger partial charge in [-0.1, -0.05) is 26.0 Å². The largest absolute Gasteiger partial charge is 0.435 e. The number of benzene rings is 1. The van der Waals surface area contributed by atoms with Crippen LogP contribution < -0.4 is 15.4 Å². The maximum atomic E-state index is 12.2. The molecule has 0 spiro atoms. The van der Waals surface area contributed by atoms with E-state index in [9.17, 15) is 13.9 Å². The first-order valence-electron chi connectivity index (χ1n) is 11.1. The summed E-state index contributed by atoms with van der Waals surface area (Å²) in [5.41, 5.74) is 0.615. The summed E-state index contributed by atoms with van der Waals surface area (Å²) in [5, 5.41) is 16.8. The van der Waals surface area contributed by atoms with Crippen molar-refractivity contribution in [3.63, 3.8) is 0 Å². The first kappa shape index (κ1) is 28.8. The first-order chi connectivity index (χ1) is 14.9. The molecule has 1 saturated heterocycles. The van der Waals surface area contributed by atoms with E-state index in [0.29, 0.717) is 24.0 Å². The number of aliphatic hydroxyl groups is 1. The van der Waals surface area contributed by atoms with E-state index in [-0.39, 0.29) is 36.3 Å². The van der Waals surface area contributed by atoms with Gasteiger partial charge in [-0.2, -0.15) is 8.78 Å². The Morgan fingerprint density at radius 1 is 1.09 bits per heavy atom. The highest BCUT2D eigenvalue weighted by Gasteiger charge is 2.17. The number of aliphatic imine (C=N–C) groups is 1. The molecule has 0 aromatic heterocycles. The van der Waals surface area contributed by atoms with E-state index in [0.717, 1.165) is 45.8 Å². The molecule has 1 heterocycles. The van der Waals surface area contributed by atoms with Crippen LogP contribution in [0.2, 0.25) is 0 Å². The van der Waals surface area contributed by atoms with Gasteiger partial charge in [-0.3, -0.25) is 4.99 Å². The third kappa shape index (κ3) is 10.6. The minimum atomic E-state index is -2.86. The number of aliphatic hydroxyl groups excluding tert-OH is 1. The molecule has 3 N–H and O–H groups in total. The Bertz CT molecular complexity index is 658. The molecule has 2 rings (SSSR count). The highest BCUT2D eigenvalue weighted by atomic mass is 127. The summed E-state index contributed by atoms with van der Waals surface area (Å²) in [4.78, 5) is 9.63. The van der Waals surface area contributed by atoms with Crippen molar-refractivity contribution < 1.29 is 18.6 Å². The van der Waals surface area contributed by atoms with Gasteiger partial charge in [0.25, 0.3) is 0 Å². The number of rotatable bonds is 11. The molecule has 1 aromatic carbocycles. The average Bonchev–Trinajstić information content (AvgIpc) is 2.76. The van der Waals surface area contributed by atoms with Gasteiger partial charge in [-0.15, -0.1) is 24.0 Å². The van der Waals surface area contributed by atoms with Crippen molar-refractivity contribution in [2.24, 2.45) is 10.9 Å². The van der Waals surface area contributed by atoms with E-state index in [1.165, 1.54) is 12.1 Å². The molecule has 0 saturated carbocycles. The second kappa shape index (κ2) is 15.6. The summed E-state index contributed by atoms with van der Waals surface area (Å²) in [6.45, 7) is 11.8. The van der Waals surface area contributed by atoms with Gasteiger partial charge in [0, 0.05) is 52.4 Å². The summed E-state index contributed by atoms with van der Waals surface area (Å²) >= 11 is 0. The van der Waals surface area contributed by atoms with E-state index < -0.39 is 12.7 Å². The average molecular weight is 569 g/mol. The first-order valence-corrected chi connectivity index (χ1v) is 11.1. The molecule has 2 atom stereocenters. The van der Waals surface area contributed by atoms with Crippen molar-refractivity contribution in [3.05, 3.63) is 29.8 Å². The highest BCUT2D eigenvalue weighted by molar-refractivity contribution is 14.0. The van der Waals surface area contributed by atoms with Crippen LogP contribution in [0.1, 0.15) is 32.4 Å². The molecule has 1 aliphatic rings. The Morgan fingerprint density at radius 2 is 1.72 bits per heavy atom. The molecule has 1 fully saturated rings. The van der Waals surface area contributed by atoms with Gasteiger partial charge in [-0.25, -0.2) is 0 Å². The van der Waals surface area contributed by atoms with Crippen molar-refractivity contribution in [1.82, 2.24) is 20.4 Å². The van der Waals surface area contributed by atoms with Crippen molar-refractivity contribution in [2.45, 2.75) is 33.5 Å². The van der Waals surface area contributed by atoms with Crippen LogP contribution in [0.15, 0.2) is 29.3 Å². The van der Waals surface area contributed by atoms with E-state index >= 15 is 0 Å². The Balaban J connectivity index is 0.00000512. The zero-order valence-electron chi connectivity index (χ0n) is 19.3. The molecule has 0 aliphatic carbocycles. The molecule has 1 aliphatic heterocycles. The fourth-order valence-corrected chi connectivity index (χ4v) is 3.56. The summed E-state index contributed by atoms with van der Waals surface area (Å²) in [7, 11) is 0. The van der Waals surface area contributed by atoms with Crippen molar-refractivity contribution in [3.8, 4) is 5.75 Å². The van der Waals surface area contributed by atoms with Gasteiger partial charge in [-0.05, 0) is 37.1 Å². The van der Waals surface area contributed by atoms with Crippen LogP contribution in [0.25, 0.3) is 0 Å². The molecule has 0 bridgehead atoms. The number of nitrogens with one attached hydrogen (secondary N) is 2. The lowest BCUT2D eigenvalue weighted by molar-refractivity contribution is -0.0498. The summed E-state index contributed by atoms with van der Waals surface area (Å²) in [6, 6.07) is 6.00. The van der Waals surface area contributed by atoms with Crippen LogP contribution in [0.5, 0.6) is 5.75 Å². The number of nitrogens with zero attached hydrogens (tertiary/aromatic N) is 3. The van der Waals surface area contributed by atoms with E-state index in [1.807, 2.05) is 6.92 Å². The molecule has 7 nitrogen and oxygen atoms in total. The Morgan fingerprint density at radius 3 is 2.28 bits per heavy atom. The molecular formula is C22H38F2IN5O2. The molecular weight excluding hydrogens is 531 g/mol. The fourth-order valence-electron chi connectivity index (χ4n) is 3.56. The Kier molecular flexibility index (Phi) is 14.0. The van der Waals surface area contributed by atoms with Gasteiger partial charge in [0.1, 0.15) is 5.75 Å². The molecule has 2 unspecified atom stereocenters. The quantitative estimate of drug-likeness (QED) is 0.217. The number of alkyl halides is 2. The Hall–Kier alpha value is -1.24. The maximum absolute atomic E-state index is 12.2. The van der Waals surface area contributed by atoms with Crippen LogP contribution >= 0.6 is 24.0 Å². The van der Waals surface area contributed by atoms with Crippen LogP contribution in [-0.2, 0) is 0 Å². The normalized spacial score (nSPS) is 17.5. The van der Waals surface area contributed by atoms with Gasteiger partial charge >= 0.3 is 6.61 Å². The van der Waals surface area contributed by atoms with Crippen LogP contribution in [-0.4, -0.2) is 86.4 Å². The molecule has 32 heavy (non-hydrogen) atoms. The topological polar surface area (TPSA) is 72.4 Å². The number of hydrogen-bond donors (Lipinski definition) is 3. The van der Waals surface area contributed by atoms with E-state index in [4.69, 9.17) is 0 Å². The molecule has 0 amide bonds. The number of piperazine rings is 1. The third-order valence-electron chi connectivity index (χ3n) is 5.34. The van der Waals surface area contributed by atoms with Crippen LogP contribution in [0.4, 0.5) is 8.78 Å². The predicted molar refractivity (Wildman–Crippen MR) is 135 cm³/mol. The lowest BCUT2D eigenvalue weighted by Crippen LogP contribution is -2.47. The lowest BCUT2D eigenvalue weighted by atomic mass is 10.1. The number of ether oxygens (including phenoxy) is 1. The number of hydrogen-bond acceptors (Lipinski definition) is 5. The summed E-state index contributed by atoms with van der Waals surface area (Å²) in [5.74, 6) is 1.15. The second-order valence-corrected chi connectivity index (χ2v) is 7.90. The summed E-state index contributed by atoms with van der Waals surface area (Å²) < 4.78 is 28.8. The predicted octanol–water partition coefficient (Wildman–Crippen LogP) is 2.77. The zero-order chi connectivity index (χ0) is 22.6. The SMILES string of the molecule is CCNC(=NCC(C)CN1CCN(CC)CC1)NCC(O)c1ccc(OC(F)F)cc1.I. The van der Waals surface area contributed by atoms with Crippen LogP contribution in [0.3, 0.4) is 0 Å².